The number of hydrogen-bond donors (Lipinski definition) is 3. The molecule has 0 radical (unpaired) electrons. The third-order valence-corrected chi connectivity index (χ3v) is 3.94. The minimum Gasteiger partial charge on any atom is -0.397 e. The Balaban J connectivity index is 1.87. The number of nitrogens with one attached hydrogen (secondary N) is 2. The highest BCUT2D eigenvalue weighted by Crippen LogP contribution is 2.31. The van der Waals surface area contributed by atoms with Crippen LogP contribution in [0.1, 0.15) is 24.3 Å². The van der Waals surface area contributed by atoms with Crippen molar-refractivity contribution in [2.24, 2.45) is 0 Å². The van der Waals surface area contributed by atoms with Gasteiger partial charge in [-0.15, -0.1) is 0 Å². The van der Waals surface area contributed by atoms with Gasteiger partial charge in [-0.2, -0.15) is 0 Å². The van der Waals surface area contributed by atoms with Crippen LogP contribution in [0.5, 0.6) is 0 Å². The van der Waals surface area contributed by atoms with Gasteiger partial charge in [0.15, 0.2) is 0 Å². The number of nitrogen functional groups attached to an aromatic ring is 1. The fourth-order valence-electron chi connectivity index (χ4n) is 2.75. The smallest absolute Gasteiger partial charge is 0.247 e. The Bertz CT molecular complexity index is 762. The Morgan fingerprint density at radius 3 is 2.83 bits per heavy atom. The van der Waals surface area contributed by atoms with Gasteiger partial charge in [0.25, 0.3) is 0 Å². The van der Waals surface area contributed by atoms with E-state index in [1.807, 2.05) is 19.9 Å². The average Bonchev–Trinajstić information content (AvgIpc) is 3.08. The van der Waals surface area contributed by atoms with E-state index >= 15 is 0 Å². The van der Waals surface area contributed by atoms with Gasteiger partial charge in [-0.3, -0.25) is 9.59 Å². The molecule has 1 saturated heterocycles. The standard InChI is InChI=1S/C16H18N4O3/c1-8-15(9(2)23-20-8)10-3-4-11(17)13(7-10)19-16(22)12-5-6-14(21)18-12/h3-4,7,12H,5-6,17H2,1-2H3,(H,18,21)(H,19,22)/t12-/m0/s1. The van der Waals surface area contributed by atoms with E-state index in [1.54, 1.807) is 12.1 Å². The molecule has 1 aromatic carbocycles. The highest BCUT2D eigenvalue weighted by atomic mass is 16.5. The predicted octanol–water partition coefficient (Wildman–Crippen LogP) is 1.76. The number of anilines is 2. The summed E-state index contributed by atoms with van der Waals surface area (Å²) in [4.78, 5) is 23.5. The van der Waals surface area contributed by atoms with Crippen molar-refractivity contribution in [1.82, 2.24) is 10.5 Å². The van der Waals surface area contributed by atoms with Gasteiger partial charge in [0.05, 0.1) is 17.1 Å². The quantitative estimate of drug-likeness (QED) is 0.748. The summed E-state index contributed by atoms with van der Waals surface area (Å²) in [6, 6.07) is 4.86. The van der Waals surface area contributed by atoms with Crippen LogP contribution in [0.25, 0.3) is 11.1 Å². The number of rotatable bonds is 3. The molecule has 2 heterocycles. The Hall–Kier alpha value is -2.83. The van der Waals surface area contributed by atoms with Gasteiger partial charge in [0.2, 0.25) is 11.8 Å². The van der Waals surface area contributed by atoms with Crippen LogP contribution in [-0.4, -0.2) is 23.0 Å². The van der Waals surface area contributed by atoms with Gasteiger partial charge >= 0.3 is 0 Å². The normalized spacial score (nSPS) is 17.1. The molecule has 0 saturated carbocycles. The maximum atomic E-state index is 12.2. The number of nitrogens with zero attached hydrogens (tertiary/aromatic N) is 1. The molecule has 2 aromatic rings. The molecule has 0 unspecified atom stereocenters. The van der Waals surface area contributed by atoms with Crippen LogP contribution in [0, 0.1) is 13.8 Å². The molecular weight excluding hydrogens is 296 g/mol. The predicted molar refractivity (Wildman–Crippen MR) is 85.6 cm³/mol. The maximum Gasteiger partial charge on any atom is 0.247 e. The molecule has 1 aromatic heterocycles. The second-order valence-electron chi connectivity index (χ2n) is 5.65. The molecule has 0 aliphatic carbocycles. The van der Waals surface area contributed by atoms with E-state index in [0.717, 1.165) is 16.8 Å². The van der Waals surface area contributed by atoms with Crippen LogP contribution in [0.2, 0.25) is 0 Å². The van der Waals surface area contributed by atoms with Gasteiger partial charge in [-0.25, -0.2) is 0 Å². The molecule has 7 nitrogen and oxygen atoms in total. The van der Waals surface area contributed by atoms with Crippen molar-refractivity contribution < 1.29 is 14.1 Å². The van der Waals surface area contributed by atoms with E-state index in [0.29, 0.717) is 30.0 Å². The van der Waals surface area contributed by atoms with Gasteiger partial charge < -0.3 is 20.9 Å². The van der Waals surface area contributed by atoms with Crippen molar-refractivity contribution in [2.75, 3.05) is 11.1 Å². The van der Waals surface area contributed by atoms with Gasteiger partial charge in [-0.1, -0.05) is 11.2 Å². The number of carbonyl (C=O) groups excluding carboxylic acids is 2. The molecule has 120 valence electrons. The van der Waals surface area contributed by atoms with Crippen LogP contribution in [-0.2, 0) is 9.59 Å². The Kier molecular flexibility index (Phi) is 3.77. The second-order valence-corrected chi connectivity index (χ2v) is 5.65. The highest BCUT2D eigenvalue weighted by molar-refractivity contribution is 6.01. The zero-order valence-electron chi connectivity index (χ0n) is 13.0. The van der Waals surface area contributed by atoms with E-state index in [4.69, 9.17) is 10.3 Å². The molecular formula is C16H18N4O3. The molecule has 23 heavy (non-hydrogen) atoms. The van der Waals surface area contributed by atoms with Crippen molar-refractivity contribution in [3.63, 3.8) is 0 Å². The molecule has 1 aliphatic rings. The lowest BCUT2D eigenvalue weighted by Crippen LogP contribution is -2.37. The Morgan fingerprint density at radius 2 is 2.22 bits per heavy atom. The number of carbonyl (C=O) groups is 2. The maximum absolute atomic E-state index is 12.2. The van der Waals surface area contributed by atoms with Crippen LogP contribution in [0.15, 0.2) is 22.7 Å². The van der Waals surface area contributed by atoms with Gasteiger partial charge in [0, 0.05) is 12.0 Å². The minimum atomic E-state index is -0.510. The summed E-state index contributed by atoms with van der Waals surface area (Å²) in [5.74, 6) is 0.327. The van der Waals surface area contributed by atoms with Gasteiger partial charge in [0.1, 0.15) is 11.8 Å². The van der Waals surface area contributed by atoms with Crippen molar-refractivity contribution in [1.29, 1.82) is 0 Å². The first-order chi connectivity index (χ1) is 11.0. The monoisotopic (exact) mass is 314 g/mol. The summed E-state index contributed by atoms with van der Waals surface area (Å²) in [6.07, 6.45) is 0.862. The zero-order valence-corrected chi connectivity index (χ0v) is 13.0. The first kappa shape index (κ1) is 15.1. The molecule has 1 aliphatic heterocycles. The minimum absolute atomic E-state index is 0.109. The second kappa shape index (κ2) is 5.75. The third kappa shape index (κ3) is 2.90. The lowest BCUT2D eigenvalue weighted by molar-refractivity contribution is -0.122. The summed E-state index contributed by atoms with van der Waals surface area (Å²) in [5, 5.41) is 9.36. The summed E-state index contributed by atoms with van der Waals surface area (Å²) < 4.78 is 5.18. The average molecular weight is 314 g/mol. The molecule has 2 amide bonds. The van der Waals surface area contributed by atoms with Crippen LogP contribution < -0.4 is 16.4 Å². The molecule has 0 bridgehead atoms. The summed E-state index contributed by atoms with van der Waals surface area (Å²) >= 11 is 0. The van der Waals surface area contributed by atoms with Crippen molar-refractivity contribution in [2.45, 2.75) is 32.7 Å². The first-order valence-electron chi connectivity index (χ1n) is 7.38. The van der Waals surface area contributed by atoms with Crippen LogP contribution in [0.3, 0.4) is 0 Å². The number of aryl methyl sites for hydroxylation is 2. The van der Waals surface area contributed by atoms with Gasteiger partial charge in [-0.05, 0) is 38.0 Å². The first-order valence-corrected chi connectivity index (χ1v) is 7.38. The fourth-order valence-corrected chi connectivity index (χ4v) is 2.75. The number of amides is 2. The van der Waals surface area contributed by atoms with Crippen LogP contribution in [0.4, 0.5) is 11.4 Å². The molecule has 3 rings (SSSR count). The summed E-state index contributed by atoms with van der Waals surface area (Å²) in [5.41, 5.74) is 9.43. The van der Waals surface area contributed by atoms with E-state index in [2.05, 4.69) is 15.8 Å². The van der Waals surface area contributed by atoms with Crippen molar-refractivity contribution in [3.05, 3.63) is 29.7 Å². The molecule has 7 heteroatoms. The van der Waals surface area contributed by atoms with E-state index < -0.39 is 6.04 Å². The van der Waals surface area contributed by atoms with E-state index in [1.165, 1.54) is 0 Å². The number of nitrogens with two attached hydrogens (primary N) is 1. The third-order valence-electron chi connectivity index (χ3n) is 3.94. The largest absolute Gasteiger partial charge is 0.397 e. The lowest BCUT2D eigenvalue weighted by atomic mass is 10.0. The Labute approximate surface area is 133 Å². The summed E-state index contributed by atoms with van der Waals surface area (Å²) in [7, 11) is 0. The molecule has 1 fully saturated rings. The molecule has 4 N–H and O–H groups in total. The van der Waals surface area contributed by atoms with Crippen molar-refractivity contribution in [3.8, 4) is 11.1 Å². The number of aromatic nitrogens is 1. The highest BCUT2D eigenvalue weighted by Gasteiger charge is 2.27. The number of benzene rings is 1. The lowest BCUT2D eigenvalue weighted by Gasteiger charge is -2.14. The molecule has 0 spiro atoms. The van der Waals surface area contributed by atoms with Crippen molar-refractivity contribution >= 4 is 23.2 Å². The van der Waals surface area contributed by atoms with E-state index in [9.17, 15) is 9.59 Å². The Morgan fingerprint density at radius 1 is 1.43 bits per heavy atom. The molecule has 1 atom stereocenters. The zero-order chi connectivity index (χ0) is 16.6. The fraction of sp³-hybridized carbons (Fsp3) is 0.312. The SMILES string of the molecule is Cc1noc(C)c1-c1ccc(N)c(NC(=O)[C@@H]2CCC(=O)N2)c1. The number of hydrogen-bond acceptors (Lipinski definition) is 5. The summed E-state index contributed by atoms with van der Waals surface area (Å²) in [6.45, 7) is 3.69. The van der Waals surface area contributed by atoms with Crippen LogP contribution >= 0.6 is 0 Å². The van der Waals surface area contributed by atoms with E-state index in [-0.39, 0.29) is 11.8 Å². The topological polar surface area (TPSA) is 110 Å².